The zero-order valence-electron chi connectivity index (χ0n) is 11.5. The second-order valence-corrected chi connectivity index (χ2v) is 4.68. The van der Waals surface area contributed by atoms with Crippen LogP contribution in [0.2, 0.25) is 0 Å². The third-order valence-corrected chi connectivity index (χ3v) is 3.37. The molecule has 3 aromatic rings. The molecule has 0 aliphatic rings. The van der Waals surface area contributed by atoms with E-state index in [-0.39, 0.29) is 5.91 Å². The SMILES string of the molecule is CN(C(=O)c1nccc2ccccc12)c1ccncc1N. The highest BCUT2D eigenvalue weighted by Crippen LogP contribution is 2.24. The second-order valence-electron chi connectivity index (χ2n) is 4.68. The number of aromatic nitrogens is 2. The summed E-state index contributed by atoms with van der Waals surface area (Å²) >= 11 is 0. The highest BCUT2D eigenvalue weighted by atomic mass is 16.2. The van der Waals surface area contributed by atoms with E-state index in [1.165, 1.54) is 11.1 Å². The highest BCUT2D eigenvalue weighted by molar-refractivity contribution is 6.13. The molecule has 0 saturated heterocycles. The number of nitrogens with zero attached hydrogens (tertiary/aromatic N) is 3. The van der Waals surface area contributed by atoms with E-state index < -0.39 is 0 Å². The van der Waals surface area contributed by atoms with Gasteiger partial charge in [-0.25, -0.2) is 0 Å². The van der Waals surface area contributed by atoms with E-state index in [1.54, 1.807) is 25.5 Å². The lowest BCUT2D eigenvalue weighted by molar-refractivity contribution is 0.0990. The Morgan fingerprint density at radius 1 is 1.14 bits per heavy atom. The molecule has 2 N–H and O–H groups in total. The predicted octanol–water partition coefficient (Wildman–Crippen LogP) is 2.49. The molecule has 3 rings (SSSR count). The Labute approximate surface area is 122 Å². The molecular weight excluding hydrogens is 264 g/mol. The molecule has 5 nitrogen and oxygen atoms in total. The van der Waals surface area contributed by atoms with E-state index in [0.717, 1.165) is 10.8 Å². The van der Waals surface area contributed by atoms with Gasteiger partial charge < -0.3 is 10.6 Å². The lowest BCUT2D eigenvalue weighted by atomic mass is 10.1. The van der Waals surface area contributed by atoms with Gasteiger partial charge in [0.1, 0.15) is 5.69 Å². The summed E-state index contributed by atoms with van der Waals surface area (Å²) in [6.45, 7) is 0. The maximum absolute atomic E-state index is 12.7. The standard InChI is InChI=1S/C16H14N4O/c1-20(14-7-8-18-10-13(14)17)16(21)15-12-5-3-2-4-11(12)6-9-19-15/h2-10H,17H2,1H3. The van der Waals surface area contributed by atoms with E-state index in [2.05, 4.69) is 9.97 Å². The molecule has 0 bridgehead atoms. The van der Waals surface area contributed by atoms with Crippen LogP contribution in [0.5, 0.6) is 0 Å². The first-order chi connectivity index (χ1) is 10.2. The number of pyridine rings is 2. The number of nitrogen functional groups attached to an aromatic ring is 1. The molecule has 0 spiro atoms. The lowest BCUT2D eigenvalue weighted by Crippen LogP contribution is -2.28. The number of amides is 1. The third-order valence-electron chi connectivity index (χ3n) is 3.37. The molecule has 1 amide bonds. The number of benzene rings is 1. The minimum atomic E-state index is -0.204. The number of hydrogen-bond donors (Lipinski definition) is 1. The largest absolute Gasteiger partial charge is 0.396 e. The van der Waals surface area contributed by atoms with Gasteiger partial charge in [0, 0.05) is 24.8 Å². The Bertz CT molecular complexity index is 811. The minimum absolute atomic E-state index is 0.204. The fourth-order valence-corrected chi connectivity index (χ4v) is 2.26. The Balaban J connectivity index is 2.07. The van der Waals surface area contributed by atoms with Gasteiger partial charge in [-0.3, -0.25) is 14.8 Å². The molecule has 2 aromatic heterocycles. The van der Waals surface area contributed by atoms with Gasteiger partial charge in [0.15, 0.2) is 0 Å². The molecular formula is C16H14N4O. The molecule has 104 valence electrons. The molecule has 0 radical (unpaired) electrons. The van der Waals surface area contributed by atoms with Gasteiger partial charge in [0.05, 0.1) is 17.6 Å². The first-order valence-corrected chi connectivity index (χ1v) is 6.50. The monoisotopic (exact) mass is 278 g/mol. The summed E-state index contributed by atoms with van der Waals surface area (Å²) in [6, 6.07) is 11.3. The normalized spacial score (nSPS) is 10.5. The van der Waals surface area contributed by atoms with Crippen molar-refractivity contribution >= 4 is 28.1 Å². The summed E-state index contributed by atoms with van der Waals surface area (Å²) < 4.78 is 0. The molecule has 5 heteroatoms. The summed E-state index contributed by atoms with van der Waals surface area (Å²) in [4.78, 5) is 22.4. The van der Waals surface area contributed by atoms with Crippen molar-refractivity contribution in [3.63, 3.8) is 0 Å². The summed E-state index contributed by atoms with van der Waals surface area (Å²) in [5, 5.41) is 1.80. The quantitative estimate of drug-likeness (QED) is 0.781. The number of anilines is 2. The summed E-state index contributed by atoms with van der Waals surface area (Å²) in [7, 11) is 1.68. The number of carbonyl (C=O) groups excluding carboxylic acids is 1. The topological polar surface area (TPSA) is 72.1 Å². The van der Waals surface area contributed by atoms with Gasteiger partial charge in [-0.15, -0.1) is 0 Å². The van der Waals surface area contributed by atoms with Crippen LogP contribution in [-0.2, 0) is 0 Å². The average Bonchev–Trinajstić information content (AvgIpc) is 2.53. The second kappa shape index (κ2) is 5.20. The average molecular weight is 278 g/mol. The highest BCUT2D eigenvalue weighted by Gasteiger charge is 2.18. The fraction of sp³-hybridized carbons (Fsp3) is 0.0625. The van der Waals surface area contributed by atoms with Gasteiger partial charge in [-0.1, -0.05) is 24.3 Å². The van der Waals surface area contributed by atoms with E-state index in [9.17, 15) is 4.79 Å². The van der Waals surface area contributed by atoms with E-state index in [1.807, 2.05) is 30.3 Å². The van der Waals surface area contributed by atoms with Crippen molar-refractivity contribution < 1.29 is 4.79 Å². The molecule has 0 aliphatic heterocycles. The van der Waals surface area contributed by atoms with Gasteiger partial charge in [0.2, 0.25) is 0 Å². The number of fused-ring (bicyclic) bond motifs is 1. The van der Waals surface area contributed by atoms with Crippen molar-refractivity contribution in [3.05, 3.63) is 60.7 Å². The van der Waals surface area contributed by atoms with E-state index in [0.29, 0.717) is 17.1 Å². The van der Waals surface area contributed by atoms with Gasteiger partial charge in [0.25, 0.3) is 5.91 Å². The van der Waals surface area contributed by atoms with Crippen molar-refractivity contribution in [1.29, 1.82) is 0 Å². The van der Waals surface area contributed by atoms with Crippen LogP contribution in [0.15, 0.2) is 55.0 Å². The molecule has 1 aromatic carbocycles. The zero-order chi connectivity index (χ0) is 14.8. The van der Waals surface area contributed by atoms with Crippen molar-refractivity contribution in [2.45, 2.75) is 0 Å². The third kappa shape index (κ3) is 2.29. The Morgan fingerprint density at radius 3 is 2.76 bits per heavy atom. The maximum atomic E-state index is 12.7. The number of hydrogen-bond acceptors (Lipinski definition) is 4. The lowest BCUT2D eigenvalue weighted by Gasteiger charge is -2.19. The molecule has 21 heavy (non-hydrogen) atoms. The summed E-state index contributed by atoms with van der Waals surface area (Å²) in [5.41, 5.74) is 7.35. The molecule has 0 fully saturated rings. The predicted molar refractivity (Wildman–Crippen MR) is 83.1 cm³/mol. The maximum Gasteiger partial charge on any atom is 0.277 e. The van der Waals surface area contributed by atoms with E-state index >= 15 is 0 Å². The number of nitrogens with two attached hydrogens (primary N) is 1. The molecule has 0 unspecified atom stereocenters. The fourth-order valence-electron chi connectivity index (χ4n) is 2.26. The van der Waals surface area contributed by atoms with Crippen molar-refractivity contribution in [2.75, 3.05) is 17.7 Å². The molecule has 0 aliphatic carbocycles. The van der Waals surface area contributed by atoms with Gasteiger partial charge in [-0.2, -0.15) is 0 Å². The van der Waals surface area contributed by atoms with Crippen LogP contribution < -0.4 is 10.6 Å². The van der Waals surface area contributed by atoms with E-state index in [4.69, 9.17) is 5.73 Å². The number of rotatable bonds is 2. The first-order valence-electron chi connectivity index (χ1n) is 6.50. The van der Waals surface area contributed by atoms with Crippen LogP contribution in [0.3, 0.4) is 0 Å². The smallest absolute Gasteiger partial charge is 0.277 e. The summed E-state index contributed by atoms with van der Waals surface area (Å²) in [6.07, 6.45) is 4.76. The molecule has 0 saturated carbocycles. The summed E-state index contributed by atoms with van der Waals surface area (Å²) in [5.74, 6) is -0.204. The first kappa shape index (κ1) is 13.1. The Kier molecular flexibility index (Phi) is 3.23. The van der Waals surface area contributed by atoms with Crippen LogP contribution in [0.25, 0.3) is 10.8 Å². The van der Waals surface area contributed by atoms with Gasteiger partial charge in [-0.05, 0) is 17.5 Å². The molecule has 2 heterocycles. The van der Waals surface area contributed by atoms with Crippen LogP contribution in [0.1, 0.15) is 10.5 Å². The minimum Gasteiger partial charge on any atom is -0.396 e. The van der Waals surface area contributed by atoms with Crippen LogP contribution in [-0.4, -0.2) is 22.9 Å². The van der Waals surface area contributed by atoms with Crippen LogP contribution >= 0.6 is 0 Å². The van der Waals surface area contributed by atoms with Crippen molar-refractivity contribution in [2.24, 2.45) is 0 Å². The molecule has 0 atom stereocenters. The van der Waals surface area contributed by atoms with Crippen molar-refractivity contribution in [3.8, 4) is 0 Å². The Hall–Kier alpha value is -2.95. The van der Waals surface area contributed by atoms with Crippen LogP contribution in [0.4, 0.5) is 11.4 Å². The zero-order valence-corrected chi connectivity index (χ0v) is 11.5. The van der Waals surface area contributed by atoms with Gasteiger partial charge >= 0.3 is 0 Å². The van der Waals surface area contributed by atoms with Crippen molar-refractivity contribution in [1.82, 2.24) is 9.97 Å². The van der Waals surface area contributed by atoms with Crippen LogP contribution in [0, 0.1) is 0 Å². The number of carbonyl (C=O) groups is 1. The Morgan fingerprint density at radius 2 is 1.95 bits per heavy atom.